The molecule has 0 radical (unpaired) electrons. The lowest BCUT2D eigenvalue weighted by Crippen LogP contribution is -2.41. The number of rotatable bonds is 6. The van der Waals surface area contributed by atoms with Gasteiger partial charge in [-0.25, -0.2) is 0 Å². The van der Waals surface area contributed by atoms with Crippen LogP contribution in [0.1, 0.15) is 0 Å². The number of methoxy groups -OCH3 is 3. The van der Waals surface area contributed by atoms with Crippen LogP contribution in [-0.2, 0) is 14.3 Å². The van der Waals surface area contributed by atoms with Crippen molar-refractivity contribution >= 4 is 23.2 Å². The maximum atomic E-state index is 13.4. The van der Waals surface area contributed by atoms with Gasteiger partial charge in [-0.05, 0) is 36.4 Å². The van der Waals surface area contributed by atoms with Crippen molar-refractivity contribution in [2.24, 2.45) is 11.8 Å². The van der Waals surface area contributed by atoms with Crippen molar-refractivity contribution in [2.45, 2.75) is 11.7 Å². The normalized spacial score (nSPS) is 27.4. The smallest absolute Gasteiger partial charge is 0.234 e. The maximum absolute atomic E-state index is 13.4. The fourth-order valence-electron chi connectivity index (χ4n) is 4.92. The molecule has 2 aromatic carbocycles. The van der Waals surface area contributed by atoms with Crippen molar-refractivity contribution in [3.63, 3.8) is 0 Å². The average molecular weight is 436 g/mol. The van der Waals surface area contributed by atoms with Crippen LogP contribution in [0.5, 0.6) is 17.2 Å². The highest BCUT2D eigenvalue weighted by Crippen LogP contribution is 2.53. The third-order valence-corrected chi connectivity index (χ3v) is 6.44. The second-order valence-corrected chi connectivity index (χ2v) is 8.08. The molecule has 32 heavy (non-hydrogen) atoms. The minimum Gasteiger partial charge on any atom is -0.497 e. The number of anilines is 2. The van der Waals surface area contributed by atoms with Crippen LogP contribution in [0.2, 0.25) is 0 Å². The zero-order chi connectivity index (χ0) is 22.5. The highest BCUT2D eigenvalue weighted by Gasteiger charge is 2.67. The Morgan fingerprint density at radius 1 is 1.06 bits per heavy atom. The number of fused-ring (bicyclic) bond motifs is 1. The van der Waals surface area contributed by atoms with Gasteiger partial charge < -0.3 is 29.2 Å². The Bertz CT molecular complexity index is 1100. The Kier molecular flexibility index (Phi) is 4.82. The van der Waals surface area contributed by atoms with Crippen LogP contribution in [0.15, 0.2) is 54.6 Å². The maximum Gasteiger partial charge on any atom is 0.234 e. The zero-order valence-electron chi connectivity index (χ0n) is 18.0. The summed E-state index contributed by atoms with van der Waals surface area (Å²) < 4.78 is 22.0. The van der Waals surface area contributed by atoms with Gasteiger partial charge in [0.25, 0.3) is 0 Å². The minimum atomic E-state index is -0.790. The van der Waals surface area contributed by atoms with Crippen LogP contribution >= 0.6 is 0 Å². The number of hydrogen-bond donors (Lipinski definition) is 1. The van der Waals surface area contributed by atoms with Crippen LogP contribution in [0.4, 0.5) is 11.4 Å². The molecule has 8 nitrogen and oxygen atoms in total. The molecule has 0 aliphatic carbocycles. The van der Waals surface area contributed by atoms with Crippen molar-refractivity contribution in [1.82, 2.24) is 0 Å². The number of benzene rings is 2. The van der Waals surface area contributed by atoms with E-state index in [4.69, 9.17) is 18.9 Å². The van der Waals surface area contributed by atoms with Gasteiger partial charge in [0, 0.05) is 17.4 Å². The molecule has 3 aliphatic rings. The van der Waals surface area contributed by atoms with Crippen LogP contribution in [-0.4, -0.2) is 51.4 Å². The first-order valence-electron chi connectivity index (χ1n) is 10.3. The predicted molar refractivity (Wildman–Crippen MR) is 117 cm³/mol. The third-order valence-electron chi connectivity index (χ3n) is 6.44. The lowest BCUT2D eigenvalue weighted by Gasteiger charge is -2.23. The molecule has 2 amide bonds. The zero-order valence-corrected chi connectivity index (χ0v) is 18.0. The summed E-state index contributed by atoms with van der Waals surface area (Å²) in [6.45, 7) is 0.371. The first-order valence-corrected chi connectivity index (χ1v) is 10.3. The van der Waals surface area contributed by atoms with Crippen LogP contribution < -0.4 is 24.4 Å². The molecule has 0 aromatic heterocycles. The summed E-state index contributed by atoms with van der Waals surface area (Å²) in [4.78, 5) is 28.4. The molecule has 1 unspecified atom stereocenters. The van der Waals surface area contributed by atoms with E-state index in [2.05, 4.69) is 5.32 Å². The summed E-state index contributed by atoms with van der Waals surface area (Å²) in [5, 5.41) is 2.92. The molecule has 2 bridgehead atoms. The SMILES string of the molecule is COc1ccc(N2C[C@@]34C=C[C@H](O3)C(C(=O)Nc3ccc(OC)c(OC)c3)[C@H]4C2=O)cc1. The van der Waals surface area contributed by atoms with Gasteiger partial charge >= 0.3 is 0 Å². The molecule has 5 rings (SSSR count). The standard InChI is InChI=1S/C24H24N2O6/c1-29-16-7-5-15(6-8-16)26-13-24-11-10-18(32-24)20(21(24)23(26)28)22(27)25-14-4-9-17(30-2)19(12-14)31-3/h4-12,18,20-21H,13H2,1-3H3,(H,25,27)/t18-,20?,21-,24+/m0/s1. The Balaban J connectivity index is 1.39. The van der Waals surface area contributed by atoms with Crippen LogP contribution in [0, 0.1) is 11.8 Å². The number of ether oxygens (including phenoxy) is 4. The molecular formula is C24H24N2O6. The van der Waals surface area contributed by atoms with Crippen LogP contribution in [0.3, 0.4) is 0 Å². The van der Waals surface area contributed by atoms with Crippen molar-refractivity contribution in [2.75, 3.05) is 38.1 Å². The summed E-state index contributed by atoms with van der Waals surface area (Å²) >= 11 is 0. The summed E-state index contributed by atoms with van der Waals surface area (Å²) in [7, 11) is 4.68. The van der Waals surface area contributed by atoms with Gasteiger partial charge in [0.1, 0.15) is 11.4 Å². The fraction of sp³-hybridized carbons (Fsp3) is 0.333. The van der Waals surface area contributed by atoms with E-state index < -0.39 is 23.5 Å². The number of nitrogens with zero attached hydrogens (tertiary/aromatic N) is 1. The number of carbonyl (C=O) groups excluding carboxylic acids is 2. The Labute approximate surface area is 185 Å². The van der Waals surface area contributed by atoms with E-state index in [1.165, 1.54) is 7.11 Å². The second-order valence-electron chi connectivity index (χ2n) is 8.08. The summed E-state index contributed by atoms with van der Waals surface area (Å²) in [6.07, 6.45) is 3.39. The van der Waals surface area contributed by atoms with E-state index in [1.807, 2.05) is 36.4 Å². The number of nitrogens with one attached hydrogen (secondary N) is 1. The van der Waals surface area contributed by atoms with Gasteiger partial charge in [-0.1, -0.05) is 12.2 Å². The predicted octanol–water partition coefficient (Wildman–Crippen LogP) is 2.64. The first-order chi connectivity index (χ1) is 15.5. The van der Waals surface area contributed by atoms with E-state index in [0.29, 0.717) is 29.5 Å². The van der Waals surface area contributed by atoms with E-state index in [1.54, 1.807) is 37.3 Å². The Morgan fingerprint density at radius 3 is 2.50 bits per heavy atom. The largest absolute Gasteiger partial charge is 0.497 e. The summed E-state index contributed by atoms with van der Waals surface area (Å²) in [5.74, 6) is 0.203. The van der Waals surface area contributed by atoms with Gasteiger partial charge in [-0.3, -0.25) is 9.59 Å². The van der Waals surface area contributed by atoms with Gasteiger partial charge in [-0.2, -0.15) is 0 Å². The monoisotopic (exact) mass is 436 g/mol. The molecule has 4 atom stereocenters. The van der Waals surface area contributed by atoms with Crippen molar-refractivity contribution < 1.29 is 28.5 Å². The Hall–Kier alpha value is -3.52. The van der Waals surface area contributed by atoms with E-state index in [-0.39, 0.29) is 11.8 Å². The van der Waals surface area contributed by atoms with Gasteiger partial charge in [0.2, 0.25) is 11.8 Å². The van der Waals surface area contributed by atoms with E-state index in [0.717, 1.165) is 5.69 Å². The summed E-state index contributed by atoms with van der Waals surface area (Å²) in [6, 6.07) is 12.4. The molecule has 1 N–H and O–H groups in total. The molecule has 166 valence electrons. The molecule has 2 fully saturated rings. The van der Waals surface area contributed by atoms with Gasteiger partial charge in [-0.15, -0.1) is 0 Å². The molecular weight excluding hydrogens is 412 g/mol. The lowest BCUT2D eigenvalue weighted by molar-refractivity contribution is -0.128. The lowest BCUT2D eigenvalue weighted by atomic mass is 9.77. The number of amides is 2. The number of hydrogen-bond acceptors (Lipinski definition) is 6. The quantitative estimate of drug-likeness (QED) is 0.701. The van der Waals surface area contributed by atoms with Crippen molar-refractivity contribution in [3.8, 4) is 17.2 Å². The highest BCUT2D eigenvalue weighted by molar-refractivity contribution is 6.05. The molecule has 1 spiro atoms. The molecule has 2 saturated heterocycles. The highest BCUT2D eigenvalue weighted by atomic mass is 16.5. The van der Waals surface area contributed by atoms with E-state index >= 15 is 0 Å². The van der Waals surface area contributed by atoms with Gasteiger partial charge in [0.05, 0.1) is 45.8 Å². The fourth-order valence-corrected chi connectivity index (χ4v) is 4.92. The van der Waals surface area contributed by atoms with Crippen molar-refractivity contribution in [1.29, 1.82) is 0 Å². The average Bonchev–Trinajstić information content (AvgIpc) is 3.47. The number of carbonyl (C=O) groups is 2. The molecule has 3 aliphatic heterocycles. The molecule has 0 saturated carbocycles. The topological polar surface area (TPSA) is 86.3 Å². The third kappa shape index (κ3) is 3.02. The minimum absolute atomic E-state index is 0.116. The van der Waals surface area contributed by atoms with Crippen LogP contribution in [0.25, 0.3) is 0 Å². The molecule has 3 heterocycles. The first kappa shape index (κ1) is 20.4. The van der Waals surface area contributed by atoms with Crippen molar-refractivity contribution in [3.05, 3.63) is 54.6 Å². The van der Waals surface area contributed by atoms with E-state index in [9.17, 15) is 9.59 Å². The second kappa shape index (κ2) is 7.56. The van der Waals surface area contributed by atoms with Gasteiger partial charge in [0.15, 0.2) is 11.5 Å². The summed E-state index contributed by atoms with van der Waals surface area (Å²) in [5.41, 5.74) is 0.520. The molecule has 2 aromatic rings. The molecule has 8 heteroatoms. The Morgan fingerprint density at radius 2 is 1.81 bits per heavy atom.